The highest BCUT2D eigenvalue weighted by atomic mass is 16.6. The highest BCUT2D eigenvalue weighted by molar-refractivity contribution is 5.69. The van der Waals surface area contributed by atoms with Gasteiger partial charge >= 0.3 is 5.69 Å². The predicted molar refractivity (Wildman–Crippen MR) is 54.6 cm³/mol. The van der Waals surface area contributed by atoms with Gasteiger partial charge in [0, 0.05) is 6.61 Å². The quantitative estimate of drug-likeness (QED) is 0.388. The van der Waals surface area contributed by atoms with Gasteiger partial charge < -0.3 is 15.9 Å². The van der Waals surface area contributed by atoms with E-state index in [0.29, 0.717) is 18.4 Å². The topological polar surface area (TPSA) is 110 Å². The molecule has 1 rings (SSSR count). The number of nitrogens with zero attached hydrogens (tertiary/aromatic N) is 1. The fourth-order valence-electron chi connectivity index (χ4n) is 1.32. The molecule has 0 heterocycles. The maximum atomic E-state index is 10.6. The molecule has 1 aromatic rings. The fourth-order valence-corrected chi connectivity index (χ4v) is 1.32. The van der Waals surface area contributed by atoms with Gasteiger partial charge in [-0.1, -0.05) is 6.07 Å². The Labute approximate surface area is 86.1 Å². The molecule has 1 aromatic carbocycles. The standard InChI is InChI=1S/C9H12N2O4/c10-8-6(2-1-5-12)3-4-7(13)9(8)11(14)15/h3-4,12-13H,1-2,5,10H2. The number of aliphatic hydroxyl groups is 1. The average molecular weight is 212 g/mol. The van der Waals surface area contributed by atoms with Crippen LogP contribution in [0.5, 0.6) is 5.75 Å². The minimum atomic E-state index is -0.715. The van der Waals surface area contributed by atoms with E-state index in [2.05, 4.69) is 0 Å². The van der Waals surface area contributed by atoms with Crippen molar-refractivity contribution in [3.63, 3.8) is 0 Å². The van der Waals surface area contributed by atoms with E-state index in [1.165, 1.54) is 12.1 Å². The predicted octanol–water partition coefficient (Wildman–Crippen LogP) is 0.807. The van der Waals surface area contributed by atoms with Crippen LogP contribution >= 0.6 is 0 Å². The second kappa shape index (κ2) is 4.61. The first-order chi connectivity index (χ1) is 7.07. The number of hydrogen-bond acceptors (Lipinski definition) is 5. The number of anilines is 1. The number of aryl methyl sites for hydroxylation is 1. The molecule has 4 N–H and O–H groups in total. The van der Waals surface area contributed by atoms with Gasteiger partial charge in [0.05, 0.1) is 4.92 Å². The van der Waals surface area contributed by atoms with Gasteiger partial charge in [-0.3, -0.25) is 10.1 Å². The third kappa shape index (κ3) is 2.35. The number of benzene rings is 1. The minimum absolute atomic E-state index is 0.00584. The van der Waals surface area contributed by atoms with E-state index in [0.717, 1.165) is 0 Å². The van der Waals surface area contributed by atoms with Crippen LogP contribution in [-0.4, -0.2) is 21.7 Å². The molecular weight excluding hydrogens is 200 g/mol. The van der Waals surface area contributed by atoms with Crippen molar-refractivity contribution < 1.29 is 15.1 Å². The van der Waals surface area contributed by atoms with Gasteiger partial charge in [0.2, 0.25) is 0 Å². The Morgan fingerprint density at radius 2 is 2.13 bits per heavy atom. The first-order valence-electron chi connectivity index (χ1n) is 4.43. The van der Waals surface area contributed by atoms with Crippen LogP contribution in [0, 0.1) is 10.1 Å². The molecule has 0 saturated heterocycles. The monoisotopic (exact) mass is 212 g/mol. The van der Waals surface area contributed by atoms with E-state index < -0.39 is 16.4 Å². The van der Waals surface area contributed by atoms with Crippen LogP contribution in [-0.2, 0) is 6.42 Å². The Hall–Kier alpha value is -1.82. The summed E-state index contributed by atoms with van der Waals surface area (Å²) >= 11 is 0. The maximum absolute atomic E-state index is 10.6. The largest absolute Gasteiger partial charge is 0.502 e. The normalized spacial score (nSPS) is 10.2. The van der Waals surface area contributed by atoms with E-state index in [1.54, 1.807) is 0 Å². The number of phenols is 1. The molecule has 0 fully saturated rings. The number of aromatic hydroxyl groups is 1. The molecule has 0 aliphatic rings. The van der Waals surface area contributed by atoms with Crippen molar-refractivity contribution >= 4 is 11.4 Å². The summed E-state index contributed by atoms with van der Waals surface area (Å²) in [5, 5.41) is 28.5. The van der Waals surface area contributed by atoms with Gasteiger partial charge in [0.25, 0.3) is 0 Å². The molecular formula is C9H12N2O4. The highest BCUT2D eigenvalue weighted by Gasteiger charge is 2.20. The molecule has 0 aliphatic heterocycles. The first kappa shape index (κ1) is 11.3. The molecule has 0 amide bonds. The van der Waals surface area contributed by atoms with E-state index in [4.69, 9.17) is 10.8 Å². The zero-order chi connectivity index (χ0) is 11.4. The van der Waals surface area contributed by atoms with E-state index >= 15 is 0 Å². The molecule has 0 aliphatic carbocycles. The number of nitro groups is 1. The third-order valence-electron chi connectivity index (χ3n) is 2.07. The Bertz CT molecular complexity index is 379. The number of nitro benzene ring substituents is 1. The van der Waals surface area contributed by atoms with Crippen LogP contribution in [0.15, 0.2) is 12.1 Å². The summed E-state index contributed by atoms with van der Waals surface area (Å²) in [5.41, 5.74) is 5.61. The summed E-state index contributed by atoms with van der Waals surface area (Å²) in [6.07, 6.45) is 0.926. The Morgan fingerprint density at radius 1 is 1.47 bits per heavy atom. The number of nitrogen functional groups attached to an aromatic ring is 1. The molecule has 0 spiro atoms. The molecule has 0 bridgehead atoms. The number of rotatable bonds is 4. The van der Waals surface area contributed by atoms with Crippen molar-refractivity contribution in [1.82, 2.24) is 0 Å². The van der Waals surface area contributed by atoms with Gasteiger partial charge in [-0.2, -0.15) is 0 Å². The van der Waals surface area contributed by atoms with Gasteiger partial charge in [-0.25, -0.2) is 0 Å². The zero-order valence-corrected chi connectivity index (χ0v) is 8.01. The first-order valence-corrected chi connectivity index (χ1v) is 4.43. The van der Waals surface area contributed by atoms with Crippen LogP contribution < -0.4 is 5.73 Å². The number of aliphatic hydroxyl groups excluding tert-OH is 1. The number of nitrogens with two attached hydrogens (primary N) is 1. The SMILES string of the molecule is Nc1c(CCCO)ccc(O)c1[N+](=O)[O-]. The second-order valence-corrected chi connectivity index (χ2v) is 3.09. The molecule has 0 unspecified atom stereocenters. The summed E-state index contributed by atoms with van der Waals surface area (Å²) in [6.45, 7) is -0.00584. The Balaban J connectivity index is 3.11. The zero-order valence-electron chi connectivity index (χ0n) is 8.01. The van der Waals surface area contributed by atoms with E-state index in [9.17, 15) is 15.2 Å². The molecule has 0 radical (unpaired) electrons. The number of hydrogen-bond donors (Lipinski definition) is 3. The van der Waals surface area contributed by atoms with Crippen LogP contribution in [0.4, 0.5) is 11.4 Å². The summed E-state index contributed by atoms with van der Waals surface area (Å²) in [5.74, 6) is -0.440. The summed E-state index contributed by atoms with van der Waals surface area (Å²) in [4.78, 5) is 9.87. The molecule has 0 atom stereocenters. The van der Waals surface area contributed by atoms with Gasteiger partial charge in [-0.15, -0.1) is 0 Å². The van der Waals surface area contributed by atoms with Crippen LogP contribution in [0.3, 0.4) is 0 Å². The lowest BCUT2D eigenvalue weighted by molar-refractivity contribution is -0.384. The van der Waals surface area contributed by atoms with Crippen molar-refractivity contribution in [1.29, 1.82) is 0 Å². The van der Waals surface area contributed by atoms with Crippen molar-refractivity contribution in [2.24, 2.45) is 0 Å². The molecule has 6 heteroatoms. The van der Waals surface area contributed by atoms with E-state index in [1.807, 2.05) is 0 Å². The van der Waals surface area contributed by atoms with Gasteiger partial charge in [0.1, 0.15) is 5.69 Å². The van der Waals surface area contributed by atoms with Crippen LogP contribution in [0.2, 0.25) is 0 Å². The lowest BCUT2D eigenvalue weighted by Crippen LogP contribution is -2.01. The number of phenolic OH excluding ortho intramolecular Hbond substituents is 1. The molecule has 82 valence electrons. The van der Waals surface area contributed by atoms with Crippen molar-refractivity contribution in [2.45, 2.75) is 12.8 Å². The molecule has 0 aromatic heterocycles. The fraction of sp³-hybridized carbons (Fsp3) is 0.333. The highest BCUT2D eigenvalue weighted by Crippen LogP contribution is 2.34. The maximum Gasteiger partial charge on any atom is 0.333 e. The van der Waals surface area contributed by atoms with Crippen molar-refractivity contribution in [2.75, 3.05) is 12.3 Å². The Morgan fingerprint density at radius 3 is 2.67 bits per heavy atom. The Kier molecular flexibility index (Phi) is 3.46. The summed E-state index contributed by atoms with van der Waals surface area (Å²) in [7, 11) is 0. The molecule has 0 saturated carbocycles. The lowest BCUT2D eigenvalue weighted by atomic mass is 10.1. The molecule has 15 heavy (non-hydrogen) atoms. The summed E-state index contributed by atoms with van der Waals surface area (Å²) < 4.78 is 0. The molecule has 6 nitrogen and oxygen atoms in total. The minimum Gasteiger partial charge on any atom is -0.502 e. The van der Waals surface area contributed by atoms with Crippen LogP contribution in [0.1, 0.15) is 12.0 Å². The average Bonchev–Trinajstić information content (AvgIpc) is 2.16. The summed E-state index contributed by atoms with van der Waals surface area (Å²) in [6, 6.07) is 2.76. The van der Waals surface area contributed by atoms with Crippen LogP contribution in [0.25, 0.3) is 0 Å². The smallest absolute Gasteiger partial charge is 0.333 e. The van der Waals surface area contributed by atoms with Crippen molar-refractivity contribution in [3.05, 3.63) is 27.8 Å². The third-order valence-corrected chi connectivity index (χ3v) is 2.07. The van der Waals surface area contributed by atoms with Gasteiger partial charge in [0.15, 0.2) is 5.75 Å². The van der Waals surface area contributed by atoms with E-state index in [-0.39, 0.29) is 12.3 Å². The lowest BCUT2D eigenvalue weighted by Gasteiger charge is -2.06. The van der Waals surface area contributed by atoms with Gasteiger partial charge in [-0.05, 0) is 24.5 Å². The van der Waals surface area contributed by atoms with Crippen molar-refractivity contribution in [3.8, 4) is 5.75 Å². The second-order valence-electron chi connectivity index (χ2n) is 3.09.